The van der Waals surface area contributed by atoms with Crippen molar-refractivity contribution in [2.24, 2.45) is 5.92 Å². The summed E-state index contributed by atoms with van der Waals surface area (Å²) in [4.78, 5) is 26.4. The Kier molecular flexibility index (Phi) is 6.94. The minimum atomic E-state index is -0.332. The molecule has 2 aromatic rings. The van der Waals surface area contributed by atoms with Gasteiger partial charge in [-0.3, -0.25) is 9.59 Å². The second-order valence-corrected chi connectivity index (χ2v) is 6.84. The number of carbonyl (C=O) groups excluding carboxylic acids is 2. The van der Waals surface area contributed by atoms with Crippen molar-refractivity contribution in [3.8, 4) is 17.2 Å². The van der Waals surface area contributed by atoms with E-state index < -0.39 is 0 Å². The quantitative estimate of drug-likeness (QED) is 0.656. The molecular weight excluding hydrogens is 372 g/mol. The maximum Gasteiger partial charge on any atom is 0.225 e. The molecule has 1 N–H and O–H groups in total. The van der Waals surface area contributed by atoms with E-state index in [4.69, 9.17) is 14.2 Å². The lowest BCUT2D eigenvalue weighted by atomic mass is 10.1. The number of carbonyl (C=O) groups is 2. The SMILES string of the molecule is COc1ccc(CN2CC(C(=O)NCCOc3ccc(OC)cc3)CC2=O)cc1. The van der Waals surface area contributed by atoms with Crippen molar-refractivity contribution < 1.29 is 23.8 Å². The molecule has 7 nitrogen and oxygen atoms in total. The van der Waals surface area contributed by atoms with Gasteiger partial charge >= 0.3 is 0 Å². The lowest BCUT2D eigenvalue weighted by Gasteiger charge is -2.17. The Balaban J connectivity index is 1.40. The molecule has 29 heavy (non-hydrogen) atoms. The first-order valence-corrected chi connectivity index (χ1v) is 9.54. The highest BCUT2D eigenvalue weighted by Gasteiger charge is 2.34. The van der Waals surface area contributed by atoms with Crippen molar-refractivity contribution in [3.63, 3.8) is 0 Å². The van der Waals surface area contributed by atoms with Gasteiger partial charge < -0.3 is 24.4 Å². The summed E-state index contributed by atoms with van der Waals surface area (Å²) < 4.78 is 15.8. The Morgan fingerprint density at radius 2 is 1.59 bits per heavy atom. The lowest BCUT2D eigenvalue weighted by Crippen LogP contribution is -2.35. The zero-order chi connectivity index (χ0) is 20.6. The predicted molar refractivity (Wildman–Crippen MR) is 108 cm³/mol. The summed E-state index contributed by atoms with van der Waals surface area (Å²) in [5.41, 5.74) is 1.01. The first-order chi connectivity index (χ1) is 14.1. The maximum absolute atomic E-state index is 12.4. The summed E-state index contributed by atoms with van der Waals surface area (Å²) in [7, 11) is 3.22. The molecule has 0 spiro atoms. The fourth-order valence-electron chi connectivity index (χ4n) is 3.21. The second kappa shape index (κ2) is 9.82. The van der Waals surface area contributed by atoms with E-state index in [2.05, 4.69) is 5.32 Å². The highest BCUT2D eigenvalue weighted by Crippen LogP contribution is 2.21. The summed E-state index contributed by atoms with van der Waals surface area (Å²) in [5, 5.41) is 2.85. The number of methoxy groups -OCH3 is 2. The molecule has 154 valence electrons. The summed E-state index contributed by atoms with van der Waals surface area (Å²) in [5.74, 6) is 1.79. The third-order valence-corrected chi connectivity index (χ3v) is 4.85. The minimum Gasteiger partial charge on any atom is -0.497 e. The number of benzene rings is 2. The monoisotopic (exact) mass is 398 g/mol. The van der Waals surface area contributed by atoms with Crippen molar-refractivity contribution in [1.29, 1.82) is 0 Å². The van der Waals surface area contributed by atoms with E-state index in [-0.39, 0.29) is 24.2 Å². The van der Waals surface area contributed by atoms with Gasteiger partial charge in [-0.1, -0.05) is 12.1 Å². The van der Waals surface area contributed by atoms with Crippen LogP contribution in [0.25, 0.3) is 0 Å². The molecule has 3 rings (SSSR count). The van der Waals surface area contributed by atoms with Gasteiger partial charge in [0.1, 0.15) is 23.9 Å². The van der Waals surface area contributed by atoms with Gasteiger partial charge in [0.15, 0.2) is 0 Å². The van der Waals surface area contributed by atoms with E-state index in [1.165, 1.54) is 0 Å². The number of nitrogens with one attached hydrogen (secondary N) is 1. The molecule has 0 bridgehead atoms. The summed E-state index contributed by atoms with van der Waals surface area (Å²) in [6, 6.07) is 14.8. The standard InChI is InChI=1S/C22H26N2O5/c1-27-18-5-3-16(4-6-18)14-24-15-17(13-21(24)25)22(26)23-11-12-29-20-9-7-19(28-2)8-10-20/h3-10,17H,11-15H2,1-2H3,(H,23,26). The van der Waals surface area contributed by atoms with Gasteiger partial charge in [0.05, 0.1) is 26.7 Å². The number of likely N-dealkylation sites (tertiary alicyclic amines) is 1. The van der Waals surface area contributed by atoms with Crippen LogP contribution in [0.4, 0.5) is 0 Å². The lowest BCUT2D eigenvalue weighted by molar-refractivity contribution is -0.129. The van der Waals surface area contributed by atoms with Crippen LogP contribution in [-0.4, -0.2) is 50.6 Å². The summed E-state index contributed by atoms with van der Waals surface area (Å²) in [6.07, 6.45) is 0.237. The molecular formula is C22H26N2O5. The van der Waals surface area contributed by atoms with Crippen molar-refractivity contribution in [1.82, 2.24) is 10.2 Å². The van der Waals surface area contributed by atoms with E-state index >= 15 is 0 Å². The molecule has 1 atom stereocenters. The van der Waals surface area contributed by atoms with E-state index in [0.29, 0.717) is 32.0 Å². The minimum absolute atomic E-state index is 0.00421. The number of rotatable bonds is 9. The number of ether oxygens (including phenoxy) is 3. The van der Waals surface area contributed by atoms with E-state index in [0.717, 1.165) is 17.1 Å². The molecule has 0 saturated carbocycles. The van der Waals surface area contributed by atoms with Gasteiger partial charge in [0.25, 0.3) is 0 Å². The topological polar surface area (TPSA) is 77.1 Å². The molecule has 1 aliphatic heterocycles. The number of hydrogen-bond acceptors (Lipinski definition) is 5. The number of nitrogens with zero attached hydrogens (tertiary/aromatic N) is 1. The highest BCUT2D eigenvalue weighted by molar-refractivity contribution is 5.89. The molecule has 0 aliphatic carbocycles. The Bertz CT molecular complexity index is 820. The van der Waals surface area contributed by atoms with E-state index in [1.54, 1.807) is 19.1 Å². The zero-order valence-corrected chi connectivity index (χ0v) is 16.7. The first kappa shape index (κ1) is 20.5. The van der Waals surface area contributed by atoms with Gasteiger partial charge in [-0.05, 0) is 42.0 Å². The van der Waals surface area contributed by atoms with Crippen LogP contribution in [0, 0.1) is 5.92 Å². The normalized spacial score (nSPS) is 15.9. The third kappa shape index (κ3) is 5.63. The first-order valence-electron chi connectivity index (χ1n) is 9.54. The molecule has 1 fully saturated rings. The van der Waals surface area contributed by atoms with Crippen LogP contribution in [0.5, 0.6) is 17.2 Å². The van der Waals surface area contributed by atoms with Crippen LogP contribution < -0.4 is 19.5 Å². The molecule has 1 unspecified atom stereocenters. The van der Waals surface area contributed by atoms with Crippen molar-refractivity contribution in [2.75, 3.05) is 33.9 Å². The second-order valence-electron chi connectivity index (χ2n) is 6.84. The van der Waals surface area contributed by atoms with Crippen LogP contribution >= 0.6 is 0 Å². The third-order valence-electron chi connectivity index (χ3n) is 4.85. The van der Waals surface area contributed by atoms with Crippen LogP contribution in [0.15, 0.2) is 48.5 Å². The molecule has 0 radical (unpaired) electrons. The molecule has 7 heteroatoms. The molecule has 2 aromatic carbocycles. The van der Waals surface area contributed by atoms with Gasteiger partial charge in [-0.25, -0.2) is 0 Å². The summed E-state index contributed by atoms with van der Waals surface area (Å²) >= 11 is 0. The molecule has 1 aliphatic rings. The highest BCUT2D eigenvalue weighted by atomic mass is 16.5. The predicted octanol–water partition coefficient (Wildman–Crippen LogP) is 2.25. The van der Waals surface area contributed by atoms with Gasteiger partial charge in [-0.2, -0.15) is 0 Å². The zero-order valence-electron chi connectivity index (χ0n) is 16.7. The van der Waals surface area contributed by atoms with Crippen LogP contribution in [-0.2, 0) is 16.1 Å². The van der Waals surface area contributed by atoms with Crippen molar-refractivity contribution >= 4 is 11.8 Å². The number of hydrogen-bond donors (Lipinski definition) is 1. The Hall–Kier alpha value is -3.22. The van der Waals surface area contributed by atoms with E-state index in [1.807, 2.05) is 48.5 Å². The number of amides is 2. The Labute approximate surface area is 170 Å². The van der Waals surface area contributed by atoms with E-state index in [9.17, 15) is 9.59 Å². The fourth-order valence-corrected chi connectivity index (χ4v) is 3.21. The molecule has 2 amide bonds. The Morgan fingerprint density at radius 3 is 2.21 bits per heavy atom. The van der Waals surface area contributed by atoms with Crippen LogP contribution in [0.1, 0.15) is 12.0 Å². The average molecular weight is 398 g/mol. The van der Waals surface area contributed by atoms with Crippen molar-refractivity contribution in [3.05, 3.63) is 54.1 Å². The van der Waals surface area contributed by atoms with Gasteiger partial charge in [0, 0.05) is 19.5 Å². The molecule has 1 saturated heterocycles. The average Bonchev–Trinajstić information content (AvgIpc) is 3.12. The van der Waals surface area contributed by atoms with Gasteiger partial charge in [0.2, 0.25) is 11.8 Å². The van der Waals surface area contributed by atoms with Crippen LogP contribution in [0.2, 0.25) is 0 Å². The van der Waals surface area contributed by atoms with Crippen molar-refractivity contribution in [2.45, 2.75) is 13.0 Å². The largest absolute Gasteiger partial charge is 0.497 e. The smallest absolute Gasteiger partial charge is 0.225 e. The Morgan fingerprint density at radius 1 is 1.00 bits per heavy atom. The fraction of sp³-hybridized carbons (Fsp3) is 0.364. The summed E-state index contributed by atoms with van der Waals surface area (Å²) in [6.45, 7) is 1.66. The van der Waals surface area contributed by atoms with Crippen LogP contribution in [0.3, 0.4) is 0 Å². The van der Waals surface area contributed by atoms with Gasteiger partial charge in [-0.15, -0.1) is 0 Å². The molecule has 1 heterocycles. The molecule has 0 aromatic heterocycles. The maximum atomic E-state index is 12.4.